The summed E-state index contributed by atoms with van der Waals surface area (Å²) >= 11 is 0. The first-order valence-electron chi connectivity index (χ1n) is 7.97. The first-order chi connectivity index (χ1) is 11.0. The molecule has 1 heterocycles. The van der Waals surface area contributed by atoms with Crippen molar-refractivity contribution in [2.24, 2.45) is 0 Å². The number of carbonyl (C=O) groups excluding carboxylic acids is 1. The standard InChI is InChI=1S/C19H21FN2O/c1-13-5-10-18-15(12-13)4-3-11-22(18)14(2)19(23)21-17-8-6-16(20)7-9-17/h5-10,12,14H,3-4,11H2,1-2H3,(H,21,23)/t14-/m1/s1. The SMILES string of the molecule is Cc1ccc2c(c1)CCCN2[C@H](C)C(=O)Nc1ccc(F)cc1. The quantitative estimate of drug-likeness (QED) is 0.932. The van der Waals surface area contributed by atoms with Gasteiger partial charge < -0.3 is 10.2 Å². The summed E-state index contributed by atoms with van der Waals surface area (Å²) in [6, 6.07) is 12.0. The molecule has 1 aliphatic heterocycles. The number of anilines is 2. The van der Waals surface area contributed by atoms with Gasteiger partial charge in [0, 0.05) is 17.9 Å². The van der Waals surface area contributed by atoms with Crippen molar-refractivity contribution in [3.8, 4) is 0 Å². The van der Waals surface area contributed by atoms with Crippen molar-refractivity contribution in [2.45, 2.75) is 32.7 Å². The van der Waals surface area contributed by atoms with Crippen molar-refractivity contribution < 1.29 is 9.18 Å². The van der Waals surface area contributed by atoms with E-state index in [2.05, 4.69) is 35.3 Å². The lowest BCUT2D eigenvalue weighted by Gasteiger charge is -2.35. The van der Waals surface area contributed by atoms with Gasteiger partial charge >= 0.3 is 0 Å². The maximum absolute atomic E-state index is 13.0. The highest BCUT2D eigenvalue weighted by atomic mass is 19.1. The molecule has 0 saturated carbocycles. The van der Waals surface area contributed by atoms with Crippen molar-refractivity contribution in [3.63, 3.8) is 0 Å². The lowest BCUT2D eigenvalue weighted by Crippen LogP contribution is -2.44. The molecule has 0 aromatic heterocycles. The van der Waals surface area contributed by atoms with Gasteiger partial charge in [-0.05, 0) is 62.6 Å². The molecule has 1 atom stereocenters. The Bertz CT molecular complexity index is 712. The first-order valence-corrected chi connectivity index (χ1v) is 7.97. The number of benzene rings is 2. The number of fused-ring (bicyclic) bond motifs is 1. The van der Waals surface area contributed by atoms with Crippen LogP contribution in [0.5, 0.6) is 0 Å². The number of halogens is 1. The van der Waals surface area contributed by atoms with Gasteiger partial charge in [0.25, 0.3) is 0 Å². The fourth-order valence-electron chi connectivity index (χ4n) is 3.08. The van der Waals surface area contributed by atoms with Crippen molar-refractivity contribution >= 4 is 17.3 Å². The number of hydrogen-bond acceptors (Lipinski definition) is 2. The number of rotatable bonds is 3. The van der Waals surface area contributed by atoms with Crippen molar-refractivity contribution in [1.29, 1.82) is 0 Å². The number of hydrogen-bond donors (Lipinski definition) is 1. The predicted octanol–water partition coefficient (Wildman–Crippen LogP) is 3.91. The summed E-state index contributed by atoms with van der Waals surface area (Å²) in [4.78, 5) is 14.7. The van der Waals surface area contributed by atoms with Crippen LogP contribution >= 0.6 is 0 Å². The van der Waals surface area contributed by atoms with Crippen LogP contribution in [0, 0.1) is 12.7 Å². The maximum Gasteiger partial charge on any atom is 0.246 e. The Balaban J connectivity index is 1.77. The minimum absolute atomic E-state index is 0.0787. The summed E-state index contributed by atoms with van der Waals surface area (Å²) in [5.74, 6) is -0.388. The largest absolute Gasteiger partial charge is 0.360 e. The fraction of sp³-hybridized carbons (Fsp3) is 0.316. The van der Waals surface area contributed by atoms with Crippen molar-refractivity contribution in [3.05, 3.63) is 59.4 Å². The Morgan fingerprint density at radius 2 is 1.96 bits per heavy atom. The lowest BCUT2D eigenvalue weighted by atomic mass is 9.98. The second-order valence-corrected chi connectivity index (χ2v) is 6.10. The molecule has 4 heteroatoms. The van der Waals surface area contributed by atoms with Gasteiger partial charge in [0.05, 0.1) is 0 Å². The van der Waals surface area contributed by atoms with E-state index in [0.717, 1.165) is 25.1 Å². The van der Waals surface area contributed by atoms with Crippen LogP contribution in [0.3, 0.4) is 0 Å². The Kier molecular flexibility index (Phi) is 4.33. The third kappa shape index (κ3) is 3.36. The third-order valence-electron chi connectivity index (χ3n) is 4.35. The summed E-state index contributed by atoms with van der Waals surface area (Å²) in [6.45, 7) is 4.87. The van der Waals surface area contributed by atoms with E-state index in [9.17, 15) is 9.18 Å². The van der Waals surface area contributed by atoms with Crippen LogP contribution in [0.4, 0.5) is 15.8 Å². The molecule has 0 bridgehead atoms. The second-order valence-electron chi connectivity index (χ2n) is 6.10. The van der Waals surface area contributed by atoms with Crippen LogP contribution in [0.1, 0.15) is 24.5 Å². The van der Waals surface area contributed by atoms with Gasteiger partial charge in [-0.1, -0.05) is 17.7 Å². The molecule has 2 aromatic carbocycles. The Labute approximate surface area is 136 Å². The van der Waals surface area contributed by atoms with Gasteiger partial charge in [0.2, 0.25) is 5.91 Å². The van der Waals surface area contributed by atoms with E-state index in [4.69, 9.17) is 0 Å². The van der Waals surface area contributed by atoms with E-state index in [-0.39, 0.29) is 17.8 Å². The van der Waals surface area contributed by atoms with E-state index >= 15 is 0 Å². The van der Waals surface area contributed by atoms with E-state index in [1.807, 2.05) is 6.92 Å². The molecule has 3 nitrogen and oxygen atoms in total. The van der Waals surface area contributed by atoms with Crippen LogP contribution in [0.15, 0.2) is 42.5 Å². The molecule has 1 amide bonds. The number of aryl methyl sites for hydroxylation is 2. The molecule has 1 aliphatic rings. The van der Waals surface area contributed by atoms with Gasteiger partial charge in [0.15, 0.2) is 0 Å². The fourth-order valence-corrected chi connectivity index (χ4v) is 3.08. The summed E-state index contributed by atoms with van der Waals surface area (Å²) in [6.07, 6.45) is 2.10. The Morgan fingerprint density at radius 3 is 2.70 bits per heavy atom. The van der Waals surface area contributed by atoms with E-state index in [0.29, 0.717) is 5.69 Å². The first kappa shape index (κ1) is 15.5. The van der Waals surface area contributed by atoms with Gasteiger partial charge in [-0.15, -0.1) is 0 Å². The molecule has 0 aliphatic carbocycles. The summed E-state index contributed by atoms with van der Waals surface area (Å²) < 4.78 is 13.0. The molecule has 120 valence electrons. The maximum atomic E-state index is 13.0. The van der Waals surface area contributed by atoms with Crippen LogP contribution < -0.4 is 10.2 Å². The molecule has 0 unspecified atom stereocenters. The highest BCUT2D eigenvalue weighted by Gasteiger charge is 2.26. The van der Waals surface area contributed by atoms with Gasteiger partial charge in [-0.2, -0.15) is 0 Å². The minimum Gasteiger partial charge on any atom is -0.360 e. The van der Waals surface area contributed by atoms with Crippen molar-refractivity contribution in [2.75, 3.05) is 16.8 Å². The zero-order chi connectivity index (χ0) is 16.4. The highest BCUT2D eigenvalue weighted by Crippen LogP contribution is 2.29. The average Bonchev–Trinajstić information content (AvgIpc) is 2.55. The molecular weight excluding hydrogens is 291 g/mol. The third-order valence-corrected chi connectivity index (χ3v) is 4.35. The Morgan fingerprint density at radius 1 is 1.22 bits per heavy atom. The zero-order valence-electron chi connectivity index (χ0n) is 13.5. The van der Waals surface area contributed by atoms with Crippen LogP contribution in [0.25, 0.3) is 0 Å². The molecule has 2 aromatic rings. The molecule has 0 radical (unpaired) electrons. The predicted molar refractivity (Wildman–Crippen MR) is 91.3 cm³/mol. The molecule has 23 heavy (non-hydrogen) atoms. The summed E-state index contributed by atoms with van der Waals surface area (Å²) in [5.41, 5.74) is 4.31. The molecule has 1 N–H and O–H groups in total. The van der Waals surface area contributed by atoms with Gasteiger partial charge in [-0.25, -0.2) is 4.39 Å². The van der Waals surface area contributed by atoms with Crippen LogP contribution in [0.2, 0.25) is 0 Å². The Hall–Kier alpha value is -2.36. The molecule has 0 spiro atoms. The van der Waals surface area contributed by atoms with Gasteiger partial charge in [0.1, 0.15) is 11.9 Å². The van der Waals surface area contributed by atoms with Gasteiger partial charge in [-0.3, -0.25) is 4.79 Å². The van der Waals surface area contributed by atoms with Crippen molar-refractivity contribution in [1.82, 2.24) is 0 Å². The van der Waals surface area contributed by atoms with E-state index < -0.39 is 0 Å². The number of carbonyl (C=O) groups is 1. The number of amides is 1. The second kappa shape index (κ2) is 6.41. The van der Waals surface area contributed by atoms with E-state index in [1.54, 1.807) is 12.1 Å². The lowest BCUT2D eigenvalue weighted by molar-refractivity contribution is -0.117. The smallest absolute Gasteiger partial charge is 0.246 e. The molecular formula is C19H21FN2O. The molecule has 3 rings (SSSR count). The highest BCUT2D eigenvalue weighted by molar-refractivity contribution is 5.96. The van der Waals surface area contributed by atoms with E-state index in [1.165, 1.54) is 23.3 Å². The number of nitrogens with one attached hydrogen (secondary N) is 1. The monoisotopic (exact) mass is 312 g/mol. The normalized spacial score (nSPS) is 15.0. The van der Waals surface area contributed by atoms with Crippen LogP contribution in [-0.2, 0) is 11.2 Å². The van der Waals surface area contributed by atoms with Crippen LogP contribution in [-0.4, -0.2) is 18.5 Å². The number of nitrogens with zero attached hydrogens (tertiary/aromatic N) is 1. The topological polar surface area (TPSA) is 32.3 Å². The zero-order valence-corrected chi connectivity index (χ0v) is 13.5. The minimum atomic E-state index is -0.309. The average molecular weight is 312 g/mol. The molecule has 0 saturated heterocycles. The molecule has 0 fully saturated rings. The summed E-state index contributed by atoms with van der Waals surface area (Å²) in [5, 5.41) is 2.86. The summed E-state index contributed by atoms with van der Waals surface area (Å²) in [7, 11) is 0.